The molecule has 1 saturated heterocycles. The number of piperidine rings is 1. The number of benzene rings is 1. The fourth-order valence-corrected chi connectivity index (χ4v) is 6.16. The number of esters is 1. The number of rotatable bonds is 7. The van der Waals surface area contributed by atoms with Crippen LogP contribution in [0.1, 0.15) is 70.8 Å². The molecule has 0 bridgehead atoms. The predicted octanol–water partition coefficient (Wildman–Crippen LogP) is 3.79. The van der Waals surface area contributed by atoms with Crippen molar-refractivity contribution in [2.75, 3.05) is 26.7 Å². The van der Waals surface area contributed by atoms with Gasteiger partial charge in [0.1, 0.15) is 0 Å². The Morgan fingerprint density at radius 1 is 1.03 bits per heavy atom. The molecular formula is C25H38N2O5S. The van der Waals surface area contributed by atoms with E-state index in [0.717, 1.165) is 31.2 Å². The Morgan fingerprint density at radius 3 is 2.15 bits per heavy atom. The molecule has 8 heteroatoms. The van der Waals surface area contributed by atoms with Gasteiger partial charge in [-0.05, 0) is 68.1 Å². The molecule has 1 heterocycles. The topological polar surface area (TPSA) is 84.0 Å². The minimum Gasteiger partial charge on any atom is -0.455 e. The normalized spacial score (nSPS) is 22.8. The van der Waals surface area contributed by atoms with E-state index in [4.69, 9.17) is 4.74 Å². The maximum Gasteiger partial charge on any atom is 0.309 e. The molecule has 3 rings (SSSR count). The lowest BCUT2D eigenvalue weighted by Crippen LogP contribution is -2.43. The second-order valence-electron chi connectivity index (χ2n) is 9.93. The second kappa shape index (κ2) is 11.0. The summed E-state index contributed by atoms with van der Waals surface area (Å²) in [6.07, 6.45) is 5.01. The highest BCUT2D eigenvalue weighted by Crippen LogP contribution is 2.27. The van der Waals surface area contributed by atoms with Gasteiger partial charge in [-0.3, -0.25) is 9.59 Å². The lowest BCUT2D eigenvalue weighted by atomic mass is 9.87. The molecule has 1 aliphatic heterocycles. The van der Waals surface area contributed by atoms with Crippen molar-refractivity contribution in [3.05, 3.63) is 29.8 Å². The first-order valence-corrected chi connectivity index (χ1v) is 13.6. The van der Waals surface area contributed by atoms with Crippen LogP contribution in [0.25, 0.3) is 0 Å². The van der Waals surface area contributed by atoms with E-state index in [-0.39, 0.29) is 42.5 Å². The molecule has 0 spiro atoms. The number of hydrogen-bond acceptors (Lipinski definition) is 5. The summed E-state index contributed by atoms with van der Waals surface area (Å²) in [5.41, 5.74) is 1.09. The van der Waals surface area contributed by atoms with Gasteiger partial charge in [-0.15, -0.1) is 0 Å². The number of likely N-dealkylation sites (N-methyl/N-ethyl adjacent to an activating group) is 1. The van der Waals surface area contributed by atoms with Gasteiger partial charge in [-0.2, -0.15) is 4.31 Å². The molecule has 1 aromatic rings. The zero-order chi connectivity index (χ0) is 24.2. The molecule has 184 valence electrons. The highest BCUT2D eigenvalue weighted by Gasteiger charge is 2.33. The van der Waals surface area contributed by atoms with E-state index in [2.05, 4.69) is 20.8 Å². The van der Waals surface area contributed by atoms with Crippen molar-refractivity contribution in [1.82, 2.24) is 9.21 Å². The summed E-state index contributed by atoms with van der Waals surface area (Å²) in [6, 6.07) is 7.23. The number of sulfonamides is 1. The lowest BCUT2D eigenvalue weighted by molar-refractivity contribution is -0.157. The highest BCUT2D eigenvalue weighted by atomic mass is 32.2. The standard InChI is InChI=1S/C25H38N2O5S/c1-18(2)20-7-11-23(12-8-20)33(30,31)27-15-13-21(14-16-27)25(29)32-17-24(28)26(4)22-9-5-19(3)6-10-22/h7-8,11-12,18-19,21-22H,5-6,9-10,13-17H2,1-4H3. The average molecular weight is 479 g/mol. The SMILES string of the molecule is CC1CCC(N(C)C(=O)COC(=O)C2CCN(S(=O)(=O)c3ccc(C(C)C)cc3)CC2)CC1. The molecule has 1 aromatic carbocycles. The number of nitrogens with zero attached hydrogens (tertiary/aromatic N) is 2. The van der Waals surface area contributed by atoms with E-state index in [1.54, 1.807) is 24.1 Å². The van der Waals surface area contributed by atoms with E-state index in [0.29, 0.717) is 24.7 Å². The van der Waals surface area contributed by atoms with Crippen LogP contribution in [0.4, 0.5) is 0 Å². The first-order valence-electron chi connectivity index (χ1n) is 12.1. The Hall–Kier alpha value is -1.93. The van der Waals surface area contributed by atoms with Crippen LogP contribution >= 0.6 is 0 Å². The minimum absolute atomic E-state index is 0.173. The third-order valence-electron chi connectivity index (χ3n) is 7.24. The largest absolute Gasteiger partial charge is 0.455 e. The van der Waals surface area contributed by atoms with Gasteiger partial charge in [0.2, 0.25) is 10.0 Å². The predicted molar refractivity (Wildman–Crippen MR) is 127 cm³/mol. The third kappa shape index (κ3) is 6.35. The Bertz CT molecular complexity index is 913. The molecule has 2 fully saturated rings. The molecular weight excluding hydrogens is 440 g/mol. The van der Waals surface area contributed by atoms with Crippen molar-refractivity contribution in [1.29, 1.82) is 0 Å². The Kier molecular flexibility index (Phi) is 8.56. The van der Waals surface area contributed by atoms with Crippen molar-refractivity contribution in [2.45, 2.75) is 76.2 Å². The summed E-state index contributed by atoms with van der Waals surface area (Å²) in [4.78, 5) is 27.0. The van der Waals surface area contributed by atoms with Crippen LogP contribution < -0.4 is 0 Å². The number of carbonyl (C=O) groups excluding carboxylic acids is 2. The molecule has 0 N–H and O–H groups in total. The maximum atomic E-state index is 13.0. The summed E-state index contributed by atoms with van der Waals surface area (Å²) in [5.74, 6) is 0.0757. The fourth-order valence-electron chi connectivity index (χ4n) is 4.69. The van der Waals surface area contributed by atoms with Crippen LogP contribution in [-0.2, 0) is 24.3 Å². The van der Waals surface area contributed by atoms with Crippen LogP contribution in [0.5, 0.6) is 0 Å². The smallest absolute Gasteiger partial charge is 0.309 e. The second-order valence-corrected chi connectivity index (χ2v) is 11.9. The van der Waals surface area contributed by atoms with Crippen molar-refractivity contribution in [3.63, 3.8) is 0 Å². The molecule has 0 unspecified atom stereocenters. The van der Waals surface area contributed by atoms with E-state index in [1.807, 2.05) is 12.1 Å². The maximum absolute atomic E-state index is 13.0. The van der Waals surface area contributed by atoms with Crippen molar-refractivity contribution < 1.29 is 22.7 Å². The van der Waals surface area contributed by atoms with Gasteiger partial charge >= 0.3 is 5.97 Å². The summed E-state index contributed by atoms with van der Waals surface area (Å²) in [6.45, 7) is 6.65. The van der Waals surface area contributed by atoms with E-state index in [9.17, 15) is 18.0 Å². The van der Waals surface area contributed by atoms with Gasteiger partial charge in [-0.25, -0.2) is 8.42 Å². The Labute approximate surface area is 198 Å². The molecule has 1 aliphatic carbocycles. The quantitative estimate of drug-likeness (QED) is 0.557. The van der Waals surface area contributed by atoms with Crippen molar-refractivity contribution in [2.24, 2.45) is 11.8 Å². The van der Waals surface area contributed by atoms with Crippen LogP contribution in [0.15, 0.2) is 29.2 Å². The van der Waals surface area contributed by atoms with Gasteiger partial charge in [0.05, 0.1) is 10.8 Å². The molecule has 0 radical (unpaired) electrons. The monoisotopic (exact) mass is 478 g/mol. The Balaban J connectivity index is 1.47. The molecule has 33 heavy (non-hydrogen) atoms. The summed E-state index contributed by atoms with van der Waals surface area (Å²) in [5, 5.41) is 0. The molecule has 0 aromatic heterocycles. The van der Waals surface area contributed by atoms with Crippen molar-refractivity contribution in [3.8, 4) is 0 Å². The summed E-state index contributed by atoms with van der Waals surface area (Å²) < 4.78 is 32.7. The van der Waals surface area contributed by atoms with Crippen LogP contribution in [-0.4, -0.2) is 62.3 Å². The zero-order valence-corrected chi connectivity index (χ0v) is 21.1. The van der Waals surface area contributed by atoms with Gasteiger partial charge in [0.15, 0.2) is 6.61 Å². The van der Waals surface area contributed by atoms with Crippen LogP contribution in [0.3, 0.4) is 0 Å². The molecule has 0 atom stereocenters. The average Bonchev–Trinajstić information content (AvgIpc) is 2.82. The number of ether oxygens (including phenoxy) is 1. The number of carbonyl (C=O) groups is 2. The highest BCUT2D eigenvalue weighted by molar-refractivity contribution is 7.89. The number of amides is 1. The van der Waals surface area contributed by atoms with Crippen LogP contribution in [0, 0.1) is 11.8 Å². The Morgan fingerprint density at radius 2 is 1.61 bits per heavy atom. The van der Waals surface area contributed by atoms with E-state index in [1.165, 1.54) is 4.31 Å². The van der Waals surface area contributed by atoms with E-state index < -0.39 is 16.0 Å². The third-order valence-corrected chi connectivity index (χ3v) is 9.15. The number of hydrogen-bond donors (Lipinski definition) is 0. The molecule has 7 nitrogen and oxygen atoms in total. The van der Waals surface area contributed by atoms with Gasteiger partial charge in [0.25, 0.3) is 5.91 Å². The molecule has 1 amide bonds. The minimum atomic E-state index is -3.59. The van der Waals surface area contributed by atoms with Crippen LogP contribution in [0.2, 0.25) is 0 Å². The summed E-state index contributed by atoms with van der Waals surface area (Å²) >= 11 is 0. The summed E-state index contributed by atoms with van der Waals surface area (Å²) in [7, 11) is -1.80. The lowest BCUT2D eigenvalue weighted by Gasteiger charge is -2.33. The van der Waals surface area contributed by atoms with Gasteiger partial charge < -0.3 is 9.64 Å². The van der Waals surface area contributed by atoms with Crippen molar-refractivity contribution >= 4 is 21.9 Å². The first-order chi connectivity index (χ1) is 15.6. The van der Waals surface area contributed by atoms with Gasteiger partial charge in [0, 0.05) is 26.2 Å². The van der Waals surface area contributed by atoms with Gasteiger partial charge in [-0.1, -0.05) is 32.9 Å². The van der Waals surface area contributed by atoms with E-state index >= 15 is 0 Å². The molecule has 1 saturated carbocycles. The zero-order valence-electron chi connectivity index (χ0n) is 20.3. The molecule has 2 aliphatic rings. The first kappa shape index (κ1) is 25.7. The fraction of sp³-hybridized carbons (Fsp3) is 0.680.